The van der Waals surface area contributed by atoms with Gasteiger partial charge in [0.1, 0.15) is 12.8 Å². The molecule has 0 bridgehead atoms. The Labute approximate surface area is 84.8 Å². The van der Waals surface area contributed by atoms with Gasteiger partial charge in [0.05, 0.1) is 5.60 Å². The van der Waals surface area contributed by atoms with Crippen molar-refractivity contribution in [2.45, 2.75) is 45.3 Å². The van der Waals surface area contributed by atoms with Crippen LogP contribution in [-0.2, 0) is 9.53 Å². The van der Waals surface area contributed by atoms with E-state index in [1.165, 1.54) is 0 Å². The molecular formula is C10H19NO3. The van der Waals surface area contributed by atoms with E-state index in [0.29, 0.717) is 6.73 Å². The quantitative estimate of drug-likeness (QED) is 0.748. The maximum Gasteiger partial charge on any atom is 0.320 e. The van der Waals surface area contributed by atoms with Crippen molar-refractivity contribution >= 4 is 5.97 Å². The smallest absolute Gasteiger partial charge is 0.320 e. The van der Waals surface area contributed by atoms with Gasteiger partial charge in [0, 0.05) is 6.54 Å². The van der Waals surface area contributed by atoms with Gasteiger partial charge in [0.15, 0.2) is 0 Å². The van der Waals surface area contributed by atoms with Crippen LogP contribution in [0.4, 0.5) is 0 Å². The van der Waals surface area contributed by atoms with Crippen LogP contribution in [0.3, 0.4) is 0 Å². The van der Waals surface area contributed by atoms with E-state index in [2.05, 4.69) is 0 Å². The molecule has 14 heavy (non-hydrogen) atoms. The van der Waals surface area contributed by atoms with Crippen molar-refractivity contribution in [1.82, 2.24) is 4.90 Å². The van der Waals surface area contributed by atoms with Crippen molar-refractivity contribution in [3.05, 3.63) is 0 Å². The van der Waals surface area contributed by atoms with Crippen LogP contribution in [0.15, 0.2) is 0 Å². The third-order valence-corrected chi connectivity index (χ3v) is 2.31. The fourth-order valence-corrected chi connectivity index (χ4v) is 1.54. The molecule has 1 aliphatic rings. The first-order chi connectivity index (χ1) is 6.40. The Hall–Kier alpha value is -0.610. The Kier molecular flexibility index (Phi) is 3.50. The zero-order valence-corrected chi connectivity index (χ0v) is 9.12. The molecule has 0 aromatic heterocycles. The fraction of sp³-hybridized carbons (Fsp3) is 0.900. The molecule has 1 saturated heterocycles. The van der Waals surface area contributed by atoms with Gasteiger partial charge in [0.25, 0.3) is 0 Å². The summed E-state index contributed by atoms with van der Waals surface area (Å²) in [6.07, 6.45) is 1.69. The molecule has 1 heterocycles. The summed E-state index contributed by atoms with van der Waals surface area (Å²) in [5.74, 6) is -0.736. The molecule has 1 rings (SSSR count). The number of hydrogen-bond acceptors (Lipinski definition) is 3. The highest BCUT2D eigenvalue weighted by Gasteiger charge is 2.31. The predicted molar refractivity (Wildman–Crippen MR) is 53.1 cm³/mol. The molecule has 0 saturated carbocycles. The zero-order chi connectivity index (χ0) is 10.8. The van der Waals surface area contributed by atoms with E-state index in [9.17, 15) is 4.79 Å². The number of carboxylic acids is 1. The van der Waals surface area contributed by atoms with Crippen LogP contribution < -0.4 is 0 Å². The normalized spacial score (nSPS) is 24.1. The molecule has 1 fully saturated rings. The highest BCUT2D eigenvalue weighted by atomic mass is 16.5. The number of hydrogen-bond donors (Lipinski definition) is 1. The summed E-state index contributed by atoms with van der Waals surface area (Å²) in [6.45, 7) is 7.16. The van der Waals surface area contributed by atoms with Crippen LogP contribution in [0.25, 0.3) is 0 Å². The van der Waals surface area contributed by atoms with E-state index >= 15 is 0 Å². The van der Waals surface area contributed by atoms with Crippen molar-refractivity contribution in [3.8, 4) is 0 Å². The zero-order valence-electron chi connectivity index (χ0n) is 9.12. The molecule has 4 nitrogen and oxygen atoms in total. The molecule has 1 aliphatic heterocycles. The van der Waals surface area contributed by atoms with Crippen molar-refractivity contribution in [2.24, 2.45) is 0 Å². The van der Waals surface area contributed by atoms with Crippen LogP contribution in [0.1, 0.15) is 33.6 Å². The van der Waals surface area contributed by atoms with E-state index in [4.69, 9.17) is 9.84 Å². The lowest BCUT2D eigenvalue weighted by molar-refractivity contribution is -0.146. The molecule has 0 unspecified atom stereocenters. The standard InChI is InChI=1S/C10H19NO3/c1-10(2,3)14-7-11-6-4-5-8(11)9(12)13/h8H,4-7H2,1-3H3,(H,12,13)/t8-/m0/s1. The molecule has 0 aromatic carbocycles. The van der Waals surface area contributed by atoms with Gasteiger partial charge in [-0.15, -0.1) is 0 Å². The number of aliphatic carboxylic acids is 1. The minimum absolute atomic E-state index is 0.203. The van der Waals surface area contributed by atoms with Crippen LogP contribution in [0.2, 0.25) is 0 Å². The molecule has 0 radical (unpaired) electrons. The number of likely N-dealkylation sites (tertiary alicyclic amines) is 1. The van der Waals surface area contributed by atoms with E-state index in [1.54, 1.807) is 0 Å². The number of carbonyl (C=O) groups is 1. The Morgan fingerprint density at radius 2 is 2.21 bits per heavy atom. The lowest BCUT2D eigenvalue weighted by Crippen LogP contribution is -2.39. The molecule has 82 valence electrons. The minimum atomic E-state index is -0.736. The minimum Gasteiger partial charge on any atom is -0.480 e. The molecule has 0 amide bonds. The first-order valence-corrected chi connectivity index (χ1v) is 5.01. The van der Waals surface area contributed by atoms with Gasteiger partial charge in [-0.3, -0.25) is 9.69 Å². The maximum atomic E-state index is 10.8. The number of nitrogens with zero attached hydrogens (tertiary/aromatic N) is 1. The lowest BCUT2D eigenvalue weighted by Gasteiger charge is -2.26. The van der Waals surface area contributed by atoms with Gasteiger partial charge in [-0.25, -0.2) is 0 Å². The SMILES string of the molecule is CC(C)(C)OCN1CCC[C@H]1C(=O)O. The van der Waals surface area contributed by atoms with E-state index in [1.807, 2.05) is 25.7 Å². The van der Waals surface area contributed by atoms with Crippen LogP contribution in [-0.4, -0.2) is 40.9 Å². The van der Waals surface area contributed by atoms with E-state index in [0.717, 1.165) is 19.4 Å². The van der Waals surface area contributed by atoms with Crippen LogP contribution in [0.5, 0.6) is 0 Å². The van der Waals surface area contributed by atoms with Crippen molar-refractivity contribution in [1.29, 1.82) is 0 Å². The number of rotatable bonds is 3. The van der Waals surface area contributed by atoms with Crippen LogP contribution in [0, 0.1) is 0 Å². The molecular weight excluding hydrogens is 182 g/mol. The molecule has 0 spiro atoms. The van der Waals surface area contributed by atoms with Crippen molar-refractivity contribution in [2.75, 3.05) is 13.3 Å². The first-order valence-electron chi connectivity index (χ1n) is 5.01. The summed E-state index contributed by atoms with van der Waals surface area (Å²) >= 11 is 0. The maximum absolute atomic E-state index is 10.8. The molecule has 0 aromatic rings. The third kappa shape index (κ3) is 3.27. The van der Waals surface area contributed by atoms with Gasteiger partial charge in [-0.05, 0) is 33.6 Å². The average Bonchev–Trinajstić information content (AvgIpc) is 2.46. The molecule has 1 atom stereocenters. The second kappa shape index (κ2) is 4.28. The van der Waals surface area contributed by atoms with Gasteiger partial charge in [-0.1, -0.05) is 0 Å². The Balaban J connectivity index is 2.40. The topological polar surface area (TPSA) is 49.8 Å². The largest absolute Gasteiger partial charge is 0.480 e. The third-order valence-electron chi connectivity index (χ3n) is 2.31. The summed E-state index contributed by atoms with van der Waals surface area (Å²) in [5, 5.41) is 8.92. The fourth-order valence-electron chi connectivity index (χ4n) is 1.54. The Morgan fingerprint density at radius 3 is 2.71 bits per heavy atom. The van der Waals surface area contributed by atoms with E-state index < -0.39 is 5.97 Å². The second-order valence-electron chi connectivity index (χ2n) is 4.69. The molecule has 0 aliphatic carbocycles. The highest BCUT2D eigenvalue weighted by Crippen LogP contribution is 2.18. The first kappa shape index (κ1) is 11.5. The summed E-state index contributed by atoms with van der Waals surface area (Å²) in [7, 11) is 0. The van der Waals surface area contributed by atoms with Crippen molar-refractivity contribution in [3.63, 3.8) is 0 Å². The van der Waals surface area contributed by atoms with Gasteiger partial charge < -0.3 is 9.84 Å². The summed E-state index contributed by atoms with van der Waals surface area (Å²) in [4.78, 5) is 12.7. The van der Waals surface area contributed by atoms with Gasteiger partial charge in [-0.2, -0.15) is 0 Å². The Morgan fingerprint density at radius 1 is 1.57 bits per heavy atom. The monoisotopic (exact) mass is 201 g/mol. The Bertz CT molecular complexity index is 210. The van der Waals surface area contributed by atoms with Gasteiger partial charge in [0.2, 0.25) is 0 Å². The molecule has 1 N–H and O–H groups in total. The number of carboxylic acid groups (broad SMARTS) is 1. The number of ether oxygens (including phenoxy) is 1. The summed E-state index contributed by atoms with van der Waals surface area (Å²) < 4.78 is 5.56. The average molecular weight is 201 g/mol. The molecule has 4 heteroatoms. The summed E-state index contributed by atoms with van der Waals surface area (Å²) in [6, 6.07) is -0.350. The van der Waals surface area contributed by atoms with E-state index in [-0.39, 0.29) is 11.6 Å². The van der Waals surface area contributed by atoms with Gasteiger partial charge >= 0.3 is 5.97 Å². The summed E-state index contributed by atoms with van der Waals surface area (Å²) in [5.41, 5.74) is -0.203. The second-order valence-corrected chi connectivity index (χ2v) is 4.69. The van der Waals surface area contributed by atoms with Crippen LogP contribution >= 0.6 is 0 Å². The lowest BCUT2D eigenvalue weighted by atomic mass is 10.2. The van der Waals surface area contributed by atoms with Crippen molar-refractivity contribution < 1.29 is 14.6 Å². The predicted octanol–water partition coefficient (Wildman–Crippen LogP) is 1.31. The highest BCUT2D eigenvalue weighted by molar-refractivity contribution is 5.73.